The zero-order valence-electron chi connectivity index (χ0n) is 11.5. The van der Waals surface area contributed by atoms with Crippen LogP contribution in [0.25, 0.3) is 0 Å². The Morgan fingerprint density at radius 3 is 2.83 bits per heavy atom. The first-order valence-electron chi connectivity index (χ1n) is 6.27. The summed E-state index contributed by atoms with van der Waals surface area (Å²) in [6.07, 6.45) is 1.29. The number of alkyl halides is 2. The number of rotatable bonds is 6. The molecule has 0 aliphatic carbocycles. The van der Waals surface area contributed by atoms with Gasteiger partial charge in [0.05, 0.1) is 10.5 Å². The van der Waals surface area contributed by atoms with E-state index in [1.165, 1.54) is 36.5 Å². The molecular weight excluding hydrogens is 330 g/mol. The predicted molar refractivity (Wildman–Crippen MR) is 78.3 cm³/mol. The fraction of sp³-hybridized carbons (Fsp3) is 0.143. The van der Waals surface area contributed by atoms with Crippen molar-refractivity contribution < 1.29 is 23.2 Å². The number of halogens is 2. The second kappa shape index (κ2) is 7.63. The van der Waals surface area contributed by atoms with Gasteiger partial charge >= 0.3 is 5.97 Å². The van der Waals surface area contributed by atoms with Gasteiger partial charge in [0.25, 0.3) is 11.4 Å². The molecule has 6 nitrogen and oxygen atoms in total. The molecule has 0 N–H and O–H groups in total. The normalized spacial score (nSPS) is 10.6. The highest BCUT2D eigenvalue weighted by Crippen LogP contribution is 2.27. The molecule has 0 spiro atoms. The van der Waals surface area contributed by atoms with Crippen LogP contribution in [-0.2, 0) is 11.3 Å². The first kappa shape index (κ1) is 16.8. The van der Waals surface area contributed by atoms with Crippen molar-refractivity contribution in [2.45, 2.75) is 17.4 Å². The van der Waals surface area contributed by atoms with E-state index >= 15 is 0 Å². The maximum Gasteiger partial charge on any atom is 0.341 e. The van der Waals surface area contributed by atoms with Crippen molar-refractivity contribution in [1.82, 2.24) is 4.98 Å². The first-order valence-corrected chi connectivity index (χ1v) is 7.15. The van der Waals surface area contributed by atoms with E-state index in [2.05, 4.69) is 4.98 Å². The Morgan fingerprint density at radius 1 is 1.35 bits per heavy atom. The van der Waals surface area contributed by atoms with Crippen LogP contribution in [0.15, 0.2) is 47.6 Å². The number of aromatic nitrogens is 1. The largest absolute Gasteiger partial charge is 0.457 e. The van der Waals surface area contributed by atoms with Crippen molar-refractivity contribution in [1.29, 1.82) is 0 Å². The van der Waals surface area contributed by atoms with Gasteiger partial charge < -0.3 is 4.74 Å². The Balaban J connectivity index is 2.08. The monoisotopic (exact) mass is 340 g/mol. The van der Waals surface area contributed by atoms with Crippen LogP contribution >= 0.6 is 11.8 Å². The third-order valence-corrected chi connectivity index (χ3v) is 3.41. The summed E-state index contributed by atoms with van der Waals surface area (Å²) in [4.78, 5) is 25.8. The van der Waals surface area contributed by atoms with Crippen LogP contribution in [0.1, 0.15) is 15.9 Å². The predicted octanol–water partition coefficient (Wildman–Crippen LogP) is 3.66. The number of hydrogen-bond acceptors (Lipinski definition) is 6. The van der Waals surface area contributed by atoms with Crippen LogP contribution in [0, 0.1) is 10.1 Å². The summed E-state index contributed by atoms with van der Waals surface area (Å²) in [6, 6.07) is 8.35. The van der Waals surface area contributed by atoms with E-state index in [1.807, 2.05) is 0 Å². The summed E-state index contributed by atoms with van der Waals surface area (Å²) in [5, 5.41) is 10.5. The minimum absolute atomic E-state index is 0.0803. The van der Waals surface area contributed by atoms with Crippen LogP contribution in [0.2, 0.25) is 0 Å². The molecule has 0 unspecified atom stereocenters. The molecule has 0 bridgehead atoms. The highest BCUT2D eigenvalue weighted by molar-refractivity contribution is 7.99. The van der Waals surface area contributed by atoms with Crippen molar-refractivity contribution in [3.63, 3.8) is 0 Å². The molecule has 1 aromatic carbocycles. The molecule has 1 heterocycles. The zero-order valence-corrected chi connectivity index (χ0v) is 12.3. The van der Waals surface area contributed by atoms with Crippen molar-refractivity contribution in [2.75, 3.05) is 0 Å². The van der Waals surface area contributed by atoms with Gasteiger partial charge in [0.2, 0.25) is 0 Å². The van der Waals surface area contributed by atoms with Gasteiger partial charge in [0.1, 0.15) is 11.6 Å². The van der Waals surface area contributed by atoms with Crippen molar-refractivity contribution in [3.05, 3.63) is 63.8 Å². The molecule has 0 saturated heterocycles. The molecule has 0 amide bonds. The number of pyridine rings is 1. The first-order chi connectivity index (χ1) is 11.0. The molecule has 0 atom stereocenters. The zero-order chi connectivity index (χ0) is 16.8. The molecule has 0 fully saturated rings. The van der Waals surface area contributed by atoms with Gasteiger partial charge in [-0.1, -0.05) is 12.1 Å². The Morgan fingerprint density at radius 2 is 2.13 bits per heavy atom. The Bertz CT molecular complexity index is 727. The van der Waals surface area contributed by atoms with E-state index in [0.29, 0.717) is 5.56 Å². The van der Waals surface area contributed by atoms with E-state index in [0.717, 1.165) is 0 Å². The number of benzene rings is 1. The van der Waals surface area contributed by atoms with Crippen molar-refractivity contribution >= 4 is 23.4 Å². The molecule has 0 saturated carbocycles. The van der Waals surface area contributed by atoms with E-state index < -0.39 is 16.7 Å². The lowest BCUT2D eigenvalue weighted by Gasteiger charge is -2.08. The van der Waals surface area contributed by atoms with E-state index in [1.54, 1.807) is 6.07 Å². The lowest BCUT2D eigenvalue weighted by molar-refractivity contribution is -0.384. The van der Waals surface area contributed by atoms with E-state index in [9.17, 15) is 23.7 Å². The average molecular weight is 340 g/mol. The number of esters is 1. The van der Waals surface area contributed by atoms with Gasteiger partial charge in [-0.15, -0.1) is 0 Å². The van der Waals surface area contributed by atoms with Crippen LogP contribution < -0.4 is 0 Å². The number of nitro groups is 1. The number of nitro benzene ring substituents is 1. The number of carbonyl (C=O) groups excluding carboxylic acids is 1. The van der Waals surface area contributed by atoms with Gasteiger partial charge in [-0.2, -0.15) is 8.78 Å². The molecule has 23 heavy (non-hydrogen) atoms. The summed E-state index contributed by atoms with van der Waals surface area (Å²) in [5.41, 5.74) is 0.205. The average Bonchev–Trinajstić information content (AvgIpc) is 2.53. The van der Waals surface area contributed by atoms with Crippen molar-refractivity contribution in [3.8, 4) is 0 Å². The van der Waals surface area contributed by atoms with Gasteiger partial charge in [0.15, 0.2) is 0 Å². The second-order valence-corrected chi connectivity index (χ2v) is 5.22. The number of carbonyl (C=O) groups is 1. The third-order valence-electron chi connectivity index (χ3n) is 2.68. The lowest BCUT2D eigenvalue weighted by Crippen LogP contribution is -2.08. The van der Waals surface area contributed by atoms with Crippen LogP contribution in [0.5, 0.6) is 0 Å². The molecular formula is C14H10F2N2O4S. The van der Waals surface area contributed by atoms with Crippen LogP contribution in [-0.4, -0.2) is 21.6 Å². The maximum absolute atomic E-state index is 12.4. The fourth-order valence-electron chi connectivity index (χ4n) is 1.71. The highest BCUT2D eigenvalue weighted by atomic mass is 32.2. The Kier molecular flexibility index (Phi) is 5.58. The quantitative estimate of drug-likeness (QED) is 0.345. The maximum atomic E-state index is 12.4. The van der Waals surface area contributed by atoms with Gasteiger partial charge in [-0.25, -0.2) is 9.78 Å². The Labute approximate surface area is 133 Å². The van der Waals surface area contributed by atoms with Crippen LogP contribution in [0.3, 0.4) is 0 Å². The molecule has 120 valence electrons. The molecule has 2 aromatic rings. The minimum Gasteiger partial charge on any atom is -0.457 e. The fourth-order valence-corrected chi connectivity index (χ4v) is 2.28. The smallest absolute Gasteiger partial charge is 0.341 e. The molecule has 1 aromatic heterocycles. The third kappa shape index (κ3) is 4.71. The summed E-state index contributed by atoms with van der Waals surface area (Å²) in [5.74, 6) is -3.54. The second-order valence-electron chi connectivity index (χ2n) is 4.24. The summed E-state index contributed by atoms with van der Waals surface area (Å²) in [7, 11) is 0. The van der Waals surface area contributed by atoms with E-state index in [4.69, 9.17) is 4.74 Å². The number of thioether (sulfide) groups is 1. The van der Waals surface area contributed by atoms with Crippen LogP contribution in [0.4, 0.5) is 14.5 Å². The number of hydrogen-bond donors (Lipinski definition) is 0. The SMILES string of the molecule is O=C(OCc1cccc([N+](=O)[O-])c1)c1cccnc1SC(F)F. The van der Waals surface area contributed by atoms with Crippen molar-refractivity contribution in [2.24, 2.45) is 0 Å². The molecule has 0 aliphatic rings. The molecule has 2 rings (SSSR count). The van der Waals surface area contributed by atoms with Gasteiger partial charge in [-0.05, 0) is 29.5 Å². The topological polar surface area (TPSA) is 82.3 Å². The number of non-ortho nitro benzene ring substituents is 1. The molecule has 0 aliphatic heterocycles. The number of nitrogens with zero attached hydrogens (tertiary/aromatic N) is 2. The highest BCUT2D eigenvalue weighted by Gasteiger charge is 2.18. The molecule has 9 heteroatoms. The van der Waals surface area contributed by atoms with Gasteiger partial charge in [0, 0.05) is 18.3 Å². The summed E-state index contributed by atoms with van der Waals surface area (Å²) >= 11 is 0.147. The molecule has 0 radical (unpaired) electrons. The van der Waals surface area contributed by atoms with Gasteiger partial charge in [-0.3, -0.25) is 10.1 Å². The summed E-state index contributed by atoms with van der Waals surface area (Å²) < 4.78 is 29.9. The summed E-state index contributed by atoms with van der Waals surface area (Å²) in [6.45, 7) is -0.214. The minimum atomic E-state index is -2.71. The standard InChI is InChI=1S/C14H10F2N2O4S/c15-14(16)23-12-11(5-2-6-17-12)13(19)22-8-9-3-1-4-10(7-9)18(20)21/h1-7,14H,8H2. The Hall–Kier alpha value is -2.55. The lowest BCUT2D eigenvalue weighted by atomic mass is 10.2. The number of ether oxygens (including phenoxy) is 1. The van der Waals surface area contributed by atoms with E-state index in [-0.39, 0.29) is 34.6 Å².